The van der Waals surface area contributed by atoms with Crippen LogP contribution in [-0.4, -0.2) is 47.2 Å². The van der Waals surface area contributed by atoms with Crippen LogP contribution < -0.4 is 5.32 Å². The highest BCUT2D eigenvalue weighted by atomic mass is 16.4. The Labute approximate surface area is 125 Å². The third kappa shape index (κ3) is 3.26. The molecule has 0 saturated carbocycles. The summed E-state index contributed by atoms with van der Waals surface area (Å²) in [6, 6.07) is 0. The minimum Gasteiger partial charge on any atom is -0.425 e. The Morgan fingerprint density at radius 2 is 1.71 bits per heavy atom. The zero-order valence-corrected chi connectivity index (χ0v) is 12.7. The van der Waals surface area contributed by atoms with Gasteiger partial charge in [0.1, 0.15) is 0 Å². The Bertz CT molecular complexity index is 474. The smallest absolute Gasteiger partial charge is 0.222 e. The summed E-state index contributed by atoms with van der Waals surface area (Å²) in [6.07, 6.45) is 4.60. The second-order valence-corrected chi connectivity index (χ2v) is 6.01. The van der Waals surface area contributed by atoms with Crippen molar-refractivity contribution in [1.29, 1.82) is 0 Å². The lowest BCUT2D eigenvalue weighted by Gasteiger charge is -2.30. The van der Waals surface area contributed by atoms with Crippen LogP contribution >= 0.6 is 0 Å². The van der Waals surface area contributed by atoms with E-state index >= 15 is 0 Å². The Morgan fingerprint density at radius 1 is 1.14 bits per heavy atom. The van der Waals surface area contributed by atoms with Gasteiger partial charge in [-0.05, 0) is 38.8 Å². The summed E-state index contributed by atoms with van der Waals surface area (Å²) in [5.41, 5.74) is 0. The zero-order chi connectivity index (χ0) is 14.7. The minimum atomic E-state index is 0.245. The number of hydrogen-bond acceptors (Lipinski definition) is 5. The van der Waals surface area contributed by atoms with Gasteiger partial charge in [-0.2, -0.15) is 0 Å². The number of rotatable bonds is 3. The van der Waals surface area contributed by atoms with E-state index in [4.69, 9.17) is 4.42 Å². The fourth-order valence-corrected chi connectivity index (χ4v) is 3.24. The molecule has 116 valence electrons. The van der Waals surface area contributed by atoms with Crippen LogP contribution in [0.25, 0.3) is 0 Å². The Hall–Kier alpha value is -1.43. The molecule has 0 spiro atoms. The predicted molar refractivity (Wildman–Crippen MR) is 78.0 cm³/mol. The molecule has 1 amide bonds. The Morgan fingerprint density at radius 3 is 2.29 bits per heavy atom. The zero-order valence-electron chi connectivity index (χ0n) is 12.7. The fraction of sp³-hybridized carbons (Fsp3) is 0.800. The van der Waals surface area contributed by atoms with Gasteiger partial charge in [-0.25, -0.2) is 0 Å². The highest BCUT2D eigenvalue weighted by molar-refractivity contribution is 5.75. The average Bonchev–Trinajstić information content (AvgIpc) is 3.05. The number of piperidine rings is 2. The van der Waals surface area contributed by atoms with Crippen molar-refractivity contribution in [2.24, 2.45) is 0 Å². The molecule has 0 atom stereocenters. The van der Waals surface area contributed by atoms with Crippen molar-refractivity contribution in [3.05, 3.63) is 11.8 Å². The van der Waals surface area contributed by atoms with Crippen molar-refractivity contribution in [2.75, 3.05) is 26.2 Å². The molecule has 0 aliphatic carbocycles. The van der Waals surface area contributed by atoms with E-state index in [1.165, 1.54) is 0 Å². The molecule has 0 bridgehead atoms. The highest BCUT2D eigenvalue weighted by Gasteiger charge is 2.28. The first-order valence-corrected chi connectivity index (χ1v) is 8.09. The molecule has 1 N–H and O–H groups in total. The number of nitrogens with one attached hydrogen (secondary N) is 1. The van der Waals surface area contributed by atoms with Crippen LogP contribution in [0.3, 0.4) is 0 Å². The first-order chi connectivity index (χ1) is 10.3. The van der Waals surface area contributed by atoms with Crippen LogP contribution in [-0.2, 0) is 4.79 Å². The molecule has 21 heavy (non-hydrogen) atoms. The lowest BCUT2D eigenvalue weighted by atomic mass is 9.96. The summed E-state index contributed by atoms with van der Waals surface area (Å²) in [6.45, 7) is 5.59. The second kappa shape index (κ2) is 6.56. The van der Waals surface area contributed by atoms with Gasteiger partial charge in [0.25, 0.3) is 0 Å². The summed E-state index contributed by atoms with van der Waals surface area (Å²) in [5, 5.41) is 11.9. The van der Waals surface area contributed by atoms with E-state index in [-0.39, 0.29) is 5.91 Å². The van der Waals surface area contributed by atoms with Gasteiger partial charge >= 0.3 is 0 Å². The van der Waals surface area contributed by atoms with Gasteiger partial charge in [0, 0.05) is 31.3 Å². The first-order valence-electron chi connectivity index (χ1n) is 8.09. The van der Waals surface area contributed by atoms with Crippen molar-refractivity contribution in [1.82, 2.24) is 20.4 Å². The molecule has 1 aromatic rings. The number of amides is 1. The van der Waals surface area contributed by atoms with Crippen molar-refractivity contribution >= 4 is 5.91 Å². The maximum Gasteiger partial charge on any atom is 0.222 e. The van der Waals surface area contributed by atoms with E-state index in [1.54, 1.807) is 0 Å². The van der Waals surface area contributed by atoms with Crippen LogP contribution in [0.1, 0.15) is 62.6 Å². The van der Waals surface area contributed by atoms with E-state index in [1.807, 2.05) is 11.8 Å². The molecule has 2 fully saturated rings. The molecule has 2 aliphatic rings. The quantitative estimate of drug-likeness (QED) is 0.917. The maximum absolute atomic E-state index is 11.7. The summed E-state index contributed by atoms with van der Waals surface area (Å²) in [5.74, 6) is 2.54. The molecule has 3 rings (SSSR count). The second-order valence-electron chi connectivity index (χ2n) is 6.01. The van der Waals surface area contributed by atoms with Gasteiger partial charge < -0.3 is 14.6 Å². The van der Waals surface area contributed by atoms with Crippen LogP contribution in [0.15, 0.2) is 4.42 Å². The van der Waals surface area contributed by atoms with Gasteiger partial charge in [0.2, 0.25) is 17.7 Å². The topological polar surface area (TPSA) is 71.3 Å². The monoisotopic (exact) mass is 292 g/mol. The molecule has 2 saturated heterocycles. The lowest BCUT2D eigenvalue weighted by Crippen LogP contribution is -2.37. The number of nitrogens with zero attached hydrogens (tertiary/aromatic N) is 3. The molecule has 6 heteroatoms. The van der Waals surface area contributed by atoms with E-state index in [2.05, 4.69) is 15.5 Å². The summed E-state index contributed by atoms with van der Waals surface area (Å²) >= 11 is 0. The normalized spacial score (nSPS) is 21.7. The lowest BCUT2D eigenvalue weighted by molar-refractivity contribution is -0.131. The van der Waals surface area contributed by atoms with E-state index in [0.717, 1.165) is 63.6 Å². The number of carbonyl (C=O) groups excluding carboxylic acids is 1. The predicted octanol–water partition coefficient (Wildman–Crippen LogP) is 1.65. The first kappa shape index (κ1) is 14.5. The largest absolute Gasteiger partial charge is 0.425 e. The highest BCUT2D eigenvalue weighted by Crippen LogP contribution is 2.30. The van der Waals surface area contributed by atoms with E-state index < -0.39 is 0 Å². The van der Waals surface area contributed by atoms with Gasteiger partial charge in [0.15, 0.2) is 0 Å². The van der Waals surface area contributed by atoms with Gasteiger partial charge in [-0.15, -0.1) is 10.2 Å². The van der Waals surface area contributed by atoms with Crippen molar-refractivity contribution in [3.63, 3.8) is 0 Å². The minimum absolute atomic E-state index is 0.245. The molecule has 0 unspecified atom stereocenters. The fourth-order valence-electron chi connectivity index (χ4n) is 3.24. The number of carbonyl (C=O) groups is 1. The average molecular weight is 292 g/mol. The van der Waals surface area contributed by atoms with Crippen LogP contribution in [0.5, 0.6) is 0 Å². The van der Waals surface area contributed by atoms with Crippen LogP contribution in [0, 0.1) is 0 Å². The molecule has 0 radical (unpaired) electrons. The van der Waals surface area contributed by atoms with Crippen LogP contribution in [0.2, 0.25) is 0 Å². The SMILES string of the molecule is CCC(=O)N1CCC(c2nnc(C3CCNCC3)o2)CC1. The van der Waals surface area contributed by atoms with Crippen molar-refractivity contribution in [3.8, 4) is 0 Å². The van der Waals surface area contributed by atoms with Crippen molar-refractivity contribution < 1.29 is 9.21 Å². The molecule has 2 aliphatic heterocycles. The Kier molecular flexibility index (Phi) is 4.53. The molecular weight excluding hydrogens is 268 g/mol. The van der Waals surface area contributed by atoms with Gasteiger partial charge in [-0.1, -0.05) is 6.92 Å². The molecule has 6 nitrogen and oxygen atoms in total. The standard InChI is InChI=1S/C15H24N4O2/c1-2-13(20)19-9-5-12(6-10-19)15-18-17-14(21-15)11-3-7-16-8-4-11/h11-12,16H,2-10H2,1H3. The Balaban J connectivity index is 1.58. The van der Waals surface area contributed by atoms with E-state index in [0.29, 0.717) is 18.3 Å². The number of likely N-dealkylation sites (tertiary alicyclic amines) is 1. The molecular formula is C15H24N4O2. The number of aromatic nitrogens is 2. The van der Waals surface area contributed by atoms with E-state index in [9.17, 15) is 4.79 Å². The third-order valence-corrected chi connectivity index (χ3v) is 4.64. The molecule has 1 aromatic heterocycles. The summed E-state index contributed by atoms with van der Waals surface area (Å²) < 4.78 is 5.93. The molecule has 0 aromatic carbocycles. The van der Waals surface area contributed by atoms with Gasteiger partial charge in [-0.3, -0.25) is 4.79 Å². The number of hydrogen-bond donors (Lipinski definition) is 1. The maximum atomic E-state index is 11.7. The third-order valence-electron chi connectivity index (χ3n) is 4.64. The van der Waals surface area contributed by atoms with Crippen molar-refractivity contribution in [2.45, 2.75) is 50.9 Å². The molecule has 3 heterocycles. The van der Waals surface area contributed by atoms with Crippen LogP contribution in [0.4, 0.5) is 0 Å². The van der Waals surface area contributed by atoms with Gasteiger partial charge in [0.05, 0.1) is 0 Å². The summed E-state index contributed by atoms with van der Waals surface area (Å²) in [7, 11) is 0. The summed E-state index contributed by atoms with van der Waals surface area (Å²) in [4.78, 5) is 13.6.